The highest BCUT2D eigenvalue weighted by atomic mass is 16.5. The van der Waals surface area contributed by atoms with Crippen molar-refractivity contribution in [3.8, 4) is 5.75 Å². The highest BCUT2D eigenvalue weighted by Gasteiger charge is 2.48. The first kappa shape index (κ1) is 15.5. The third-order valence-electron chi connectivity index (χ3n) is 5.16. The molecule has 5 nitrogen and oxygen atoms in total. The van der Waals surface area contributed by atoms with Crippen LogP contribution in [0.25, 0.3) is 0 Å². The number of aromatic nitrogens is 2. The van der Waals surface area contributed by atoms with Gasteiger partial charge in [0.05, 0.1) is 18.9 Å². The monoisotopic (exact) mass is 325 g/mol. The van der Waals surface area contributed by atoms with Gasteiger partial charge in [0, 0.05) is 50.2 Å². The topological polar surface area (TPSA) is 47.5 Å². The Kier molecular flexibility index (Phi) is 4.45. The van der Waals surface area contributed by atoms with E-state index < -0.39 is 0 Å². The fourth-order valence-corrected chi connectivity index (χ4v) is 3.89. The number of likely N-dealkylation sites (tertiary alicyclic amines) is 1. The second-order valence-corrected chi connectivity index (χ2v) is 6.80. The standard InChI is InChI=1S/C19H23N3O2/c1-2-17(12-21-7-1)24-15-19-6-11-23-18(19)5-10-22(14-19)13-16-3-8-20-9-4-16/h1-4,7-9,12,18H,5-6,10-11,13-15H2/t18-,19+/m1/s1. The Bertz CT molecular complexity index is 652. The van der Waals surface area contributed by atoms with Crippen LogP contribution in [-0.2, 0) is 11.3 Å². The Hall–Kier alpha value is -1.98. The van der Waals surface area contributed by atoms with Crippen molar-refractivity contribution in [2.45, 2.75) is 25.5 Å². The summed E-state index contributed by atoms with van der Waals surface area (Å²) in [6.07, 6.45) is 9.71. The summed E-state index contributed by atoms with van der Waals surface area (Å²) in [7, 11) is 0. The van der Waals surface area contributed by atoms with Crippen LogP contribution in [0.15, 0.2) is 49.1 Å². The average molecular weight is 325 g/mol. The number of piperidine rings is 1. The normalized spacial score (nSPS) is 26.9. The zero-order valence-electron chi connectivity index (χ0n) is 13.8. The van der Waals surface area contributed by atoms with Gasteiger partial charge in [-0.25, -0.2) is 0 Å². The number of hydrogen-bond donors (Lipinski definition) is 0. The van der Waals surface area contributed by atoms with Crippen molar-refractivity contribution in [1.82, 2.24) is 14.9 Å². The van der Waals surface area contributed by atoms with Gasteiger partial charge in [-0.05, 0) is 42.7 Å². The Morgan fingerprint density at radius 3 is 2.96 bits per heavy atom. The van der Waals surface area contributed by atoms with Gasteiger partial charge in [-0.15, -0.1) is 0 Å². The van der Waals surface area contributed by atoms with Crippen molar-refractivity contribution in [3.63, 3.8) is 0 Å². The fraction of sp³-hybridized carbons (Fsp3) is 0.474. The van der Waals surface area contributed by atoms with Crippen LogP contribution >= 0.6 is 0 Å². The minimum atomic E-state index is 0.0844. The third kappa shape index (κ3) is 3.28. The maximum absolute atomic E-state index is 6.07. The summed E-state index contributed by atoms with van der Waals surface area (Å²) >= 11 is 0. The Morgan fingerprint density at radius 2 is 2.12 bits per heavy atom. The van der Waals surface area contributed by atoms with Crippen molar-refractivity contribution in [2.75, 3.05) is 26.3 Å². The lowest BCUT2D eigenvalue weighted by atomic mass is 9.77. The molecule has 0 aliphatic carbocycles. The summed E-state index contributed by atoms with van der Waals surface area (Å²) in [5, 5.41) is 0. The quantitative estimate of drug-likeness (QED) is 0.845. The number of hydrogen-bond acceptors (Lipinski definition) is 5. The van der Waals surface area contributed by atoms with Crippen LogP contribution in [0, 0.1) is 5.41 Å². The summed E-state index contributed by atoms with van der Waals surface area (Å²) in [5.74, 6) is 0.837. The van der Waals surface area contributed by atoms with Crippen molar-refractivity contribution >= 4 is 0 Å². The molecular weight excluding hydrogens is 302 g/mol. The van der Waals surface area contributed by atoms with Crippen LogP contribution < -0.4 is 4.74 Å². The van der Waals surface area contributed by atoms with Crippen LogP contribution in [-0.4, -0.2) is 47.3 Å². The van der Waals surface area contributed by atoms with Crippen LogP contribution in [0.5, 0.6) is 5.75 Å². The first-order valence-electron chi connectivity index (χ1n) is 8.60. The molecule has 2 aliphatic heterocycles. The zero-order chi connectivity index (χ0) is 16.2. The van der Waals surface area contributed by atoms with Gasteiger partial charge in [-0.1, -0.05) is 0 Å². The molecule has 0 aromatic carbocycles. The van der Waals surface area contributed by atoms with Gasteiger partial charge in [-0.2, -0.15) is 0 Å². The molecule has 2 aliphatic rings. The van der Waals surface area contributed by atoms with Gasteiger partial charge < -0.3 is 9.47 Å². The lowest BCUT2D eigenvalue weighted by Crippen LogP contribution is -2.52. The molecule has 4 heterocycles. The second-order valence-electron chi connectivity index (χ2n) is 6.80. The van der Waals surface area contributed by atoms with E-state index in [2.05, 4.69) is 27.0 Å². The average Bonchev–Trinajstić information content (AvgIpc) is 3.05. The van der Waals surface area contributed by atoms with E-state index >= 15 is 0 Å². The van der Waals surface area contributed by atoms with Crippen LogP contribution in [0.2, 0.25) is 0 Å². The van der Waals surface area contributed by atoms with Crippen molar-refractivity contribution in [1.29, 1.82) is 0 Å². The molecule has 2 fully saturated rings. The lowest BCUT2D eigenvalue weighted by Gasteiger charge is -2.43. The molecule has 2 saturated heterocycles. The molecule has 126 valence electrons. The van der Waals surface area contributed by atoms with E-state index in [-0.39, 0.29) is 5.41 Å². The molecule has 0 radical (unpaired) electrons. The van der Waals surface area contributed by atoms with Gasteiger partial charge in [0.25, 0.3) is 0 Å². The van der Waals surface area contributed by atoms with E-state index in [1.807, 2.05) is 24.5 Å². The number of pyridine rings is 2. The van der Waals surface area contributed by atoms with E-state index in [0.717, 1.165) is 44.8 Å². The molecule has 0 bridgehead atoms. The Labute approximate surface area is 142 Å². The molecule has 0 saturated carbocycles. The molecule has 4 rings (SSSR count). The van der Waals surface area contributed by atoms with Crippen molar-refractivity contribution in [3.05, 3.63) is 54.6 Å². The zero-order valence-corrected chi connectivity index (χ0v) is 13.8. The minimum absolute atomic E-state index is 0.0844. The molecule has 24 heavy (non-hydrogen) atoms. The number of ether oxygens (including phenoxy) is 2. The number of rotatable bonds is 5. The molecule has 2 atom stereocenters. The molecular formula is C19H23N3O2. The predicted octanol–water partition coefficient (Wildman–Crippen LogP) is 2.54. The van der Waals surface area contributed by atoms with Crippen LogP contribution in [0.4, 0.5) is 0 Å². The molecule has 5 heteroatoms. The molecule has 0 N–H and O–H groups in total. The number of nitrogens with zero attached hydrogens (tertiary/aromatic N) is 3. The first-order valence-corrected chi connectivity index (χ1v) is 8.60. The SMILES string of the molecule is c1cncc(OC[C@@]23CCO[C@@H]2CCN(Cc2ccncc2)C3)c1. The summed E-state index contributed by atoms with van der Waals surface area (Å²) < 4.78 is 12.1. The van der Waals surface area contributed by atoms with E-state index in [0.29, 0.717) is 12.7 Å². The van der Waals surface area contributed by atoms with Crippen molar-refractivity contribution < 1.29 is 9.47 Å². The van der Waals surface area contributed by atoms with E-state index in [1.54, 1.807) is 12.4 Å². The van der Waals surface area contributed by atoms with Gasteiger partial charge in [-0.3, -0.25) is 14.9 Å². The van der Waals surface area contributed by atoms with E-state index in [4.69, 9.17) is 9.47 Å². The Balaban J connectivity index is 1.44. The predicted molar refractivity (Wildman–Crippen MR) is 90.7 cm³/mol. The van der Waals surface area contributed by atoms with E-state index in [1.165, 1.54) is 5.56 Å². The lowest BCUT2D eigenvalue weighted by molar-refractivity contribution is -0.0414. The molecule has 2 aromatic rings. The summed E-state index contributed by atoms with van der Waals surface area (Å²) in [5.41, 5.74) is 1.40. The maximum atomic E-state index is 6.07. The minimum Gasteiger partial charge on any atom is -0.491 e. The summed E-state index contributed by atoms with van der Waals surface area (Å²) in [6.45, 7) is 4.58. The van der Waals surface area contributed by atoms with Crippen molar-refractivity contribution in [2.24, 2.45) is 5.41 Å². The second kappa shape index (κ2) is 6.87. The fourth-order valence-electron chi connectivity index (χ4n) is 3.89. The highest BCUT2D eigenvalue weighted by molar-refractivity contribution is 5.16. The van der Waals surface area contributed by atoms with Gasteiger partial charge in [0.1, 0.15) is 5.75 Å². The molecule has 0 spiro atoms. The van der Waals surface area contributed by atoms with Crippen LogP contribution in [0.3, 0.4) is 0 Å². The molecule has 2 aromatic heterocycles. The molecule has 0 unspecified atom stereocenters. The van der Waals surface area contributed by atoms with Gasteiger partial charge >= 0.3 is 0 Å². The smallest absolute Gasteiger partial charge is 0.137 e. The maximum Gasteiger partial charge on any atom is 0.137 e. The van der Waals surface area contributed by atoms with E-state index in [9.17, 15) is 0 Å². The largest absolute Gasteiger partial charge is 0.491 e. The molecule has 0 amide bonds. The summed E-state index contributed by atoms with van der Waals surface area (Å²) in [6, 6.07) is 8.06. The Morgan fingerprint density at radius 1 is 1.21 bits per heavy atom. The third-order valence-corrected chi connectivity index (χ3v) is 5.16. The summed E-state index contributed by atoms with van der Waals surface area (Å²) in [4.78, 5) is 10.8. The highest BCUT2D eigenvalue weighted by Crippen LogP contribution is 2.41. The number of fused-ring (bicyclic) bond motifs is 1. The first-order chi connectivity index (χ1) is 11.8. The van der Waals surface area contributed by atoms with Gasteiger partial charge in [0.15, 0.2) is 0 Å². The van der Waals surface area contributed by atoms with Crippen LogP contribution in [0.1, 0.15) is 18.4 Å². The van der Waals surface area contributed by atoms with Gasteiger partial charge in [0.2, 0.25) is 0 Å².